The van der Waals surface area contributed by atoms with Gasteiger partial charge in [0.15, 0.2) is 17.3 Å². The fourth-order valence-corrected chi connectivity index (χ4v) is 4.73. The number of pyridine rings is 1. The lowest BCUT2D eigenvalue weighted by molar-refractivity contribution is -0.0217. The topological polar surface area (TPSA) is 78.7 Å². The third kappa shape index (κ3) is 4.51. The predicted molar refractivity (Wildman–Crippen MR) is 139 cm³/mol. The molecule has 0 aliphatic rings. The monoisotopic (exact) mass is 546 g/mol. The quantitative estimate of drug-likeness (QED) is 0.240. The predicted octanol–water partition coefficient (Wildman–Crippen LogP) is 5.98. The van der Waals surface area contributed by atoms with Gasteiger partial charge in [-0.25, -0.2) is 32.0 Å². The van der Waals surface area contributed by atoms with Crippen LogP contribution in [-0.2, 0) is 0 Å². The summed E-state index contributed by atoms with van der Waals surface area (Å²) in [5.41, 5.74) is 3.27. The van der Waals surface area contributed by atoms with Crippen LogP contribution in [0.5, 0.6) is 0 Å². The molecular weight excluding hydrogens is 524 g/mol. The molecule has 0 aliphatic heterocycles. The fraction of sp³-hybridized carbons (Fsp3) is 0.179. The summed E-state index contributed by atoms with van der Waals surface area (Å²) in [6.07, 6.45) is 5.91. The maximum atomic E-state index is 15.1. The van der Waals surface area contributed by atoms with E-state index in [0.29, 0.717) is 22.8 Å². The van der Waals surface area contributed by atoms with Crippen molar-refractivity contribution in [3.05, 3.63) is 102 Å². The van der Waals surface area contributed by atoms with E-state index in [1.807, 2.05) is 30.5 Å². The average molecular weight is 547 g/mol. The van der Waals surface area contributed by atoms with Crippen LogP contribution in [-0.4, -0.2) is 44.8 Å². The smallest absolute Gasteiger partial charge is 0.271 e. The minimum Gasteiger partial charge on any atom is -0.286 e. The molecule has 0 saturated carbocycles. The van der Waals surface area contributed by atoms with E-state index in [-0.39, 0.29) is 17.0 Å². The Morgan fingerprint density at radius 2 is 1.60 bits per heavy atom. The van der Waals surface area contributed by atoms with E-state index < -0.39 is 23.6 Å². The molecule has 0 amide bonds. The van der Waals surface area contributed by atoms with Crippen molar-refractivity contribution in [2.45, 2.75) is 32.7 Å². The van der Waals surface area contributed by atoms with Crippen LogP contribution in [0.4, 0.5) is 17.6 Å². The van der Waals surface area contributed by atoms with Crippen molar-refractivity contribution in [1.82, 2.24) is 38.9 Å². The molecule has 0 bridgehead atoms. The Morgan fingerprint density at radius 1 is 0.875 bits per heavy atom. The van der Waals surface area contributed by atoms with Crippen LogP contribution in [0.3, 0.4) is 0 Å². The molecule has 0 saturated heterocycles. The van der Waals surface area contributed by atoms with E-state index >= 15 is 4.39 Å². The number of hydrogen-bond donors (Lipinski definition) is 0. The minimum atomic E-state index is -3.20. The van der Waals surface area contributed by atoms with Crippen LogP contribution in [0, 0.1) is 25.5 Å². The van der Waals surface area contributed by atoms with Crippen molar-refractivity contribution in [2.75, 3.05) is 0 Å². The summed E-state index contributed by atoms with van der Waals surface area (Å²) in [5.74, 6) is -3.79. The summed E-state index contributed by atoms with van der Waals surface area (Å²) in [7, 11) is 0. The van der Waals surface area contributed by atoms with Crippen LogP contribution in [0.25, 0.3) is 34.2 Å². The van der Waals surface area contributed by atoms with E-state index in [2.05, 4.69) is 25.1 Å². The van der Waals surface area contributed by atoms with Gasteiger partial charge in [0, 0.05) is 48.0 Å². The van der Waals surface area contributed by atoms with Gasteiger partial charge < -0.3 is 0 Å². The first kappa shape index (κ1) is 25.4. The fourth-order valence-electron chi connectivity index (χ4n) is 4.73. The molecule has 0 aliphatic carbocycles. The Hall–Kier alpha value is -4.87. The maximum absolute atomic E-state index is 15.1. The minimum absolute atomic E-state index is 0.0519. The molecule has 0 unspecified atom stereocenters. The first-order chi connectivity index (χ1) is 19.1. The van der Waals surface area contributed by atoms with Crippen LogP contribution < -0.4 is 0 Å². The Kier molecular flexibility index (Phi) is 5.97. The molecule has 40 heavy (non-hydrogen) atoms. The molecule has 0 fully saturated rings. The molecular formula is C28H22F4N8. The second-order valence-electron chi connectivity index (χ2n) is 9.59. The van der Waals surface area contributed by atoms with Crippen molar-refractivity contribution in [3.63, 3.8) is 0 Å². The Bertz CT molecular complexity index is 1830. The number of benzene rings is 1. The van der Waals surface area contributed by atoms with Gasteiger partial charge in [-0.2, -0.15) is 10.1 Å². The lowest BCUT2D eigenvalue weighted by atomic mass is 10.0. The van der Waals surface area contributed by atoms with Gasteiger partial charge in [0.05, 0.1) is 11.9 Å². The Balaban J connectivity index is 1.36. The Morgan fingerprint density at radius 3 is 2.30 bits per heavy atom. The SMILES string of the molecule is Cc1ccc(C)n1-c1nc2c(F)cc(-c3nccc(-c4cnn([C@H](c5ccc(F)cc5)C(C)(F)F)c4)n3)cn2n1. The van der Waals surface area contributed by atoms with Gasteiger partial charge in [-0.05, 0) is 55.8 Å². The Labute approximate surface area is 225 Å². The summed E-state index contributed by atoms with van der Waals surface area (Å²) in [5, 5.41) is 8.60. The van der Waals surface area contributed by atoms with Gasteiger partial charge in [0.25, 0.3) is 11.9 Å². The molecule has 6 rings (SSSR count). The van der Waals surface area contributed by atoms with E-state index in [0.717, 1.165) is 35.1 Å². The molecule has 5 aromatic heterocycles. The van der Waals surface area contributed by atoms with Crippen molar-refractivity contribution < 1.29 is 17.6 Å². The first-order valence-electron chi connectivity index (χ1n) is 12.3. The zero-order chi connectivity index (χ0) is 28.2. The third-order valence-corrected chi connectivity index (χ3v) is 6.59. The van der Waals surface area contributed by atoms with Crippen LogP contribution in [0.15, 0.2) is 73.3 Å². The number of aromatic nitrogens is 8. The zero-order valence-corrected chi connectivity index (χ0v) is 21.6. The van der Waals surface area contributed by atoms with Gasteiger partial charge in [0.1, 0.15) is 11.9 Å². The summed E-state index contributed by atoms with van der Waals surface area (Å²) in [4.78, 5) is 13.2. The van der Waals surface area contributed by atoms with Gasteiger partial charge >= 0.3 is 0 Å². The number of aryl methyl sites for hydroxylation is 2. The van der Waals surface area contributed by atoms with Crippen molar-refractivity contribution in [3.8, 4) is 28.6 Å². The highest BCUT2D eigenvalue weighted by Crippen LogP contribution is 2.35. The highest BCUT2D eigenvalue weighted by atomic mass is 19.3. The highest BCUT2D eigenvalue weighted by Gasteiger charge is 2.37. The second kappa shape index (κ2) is 9.40. The normalized spacial score (nSPS) is 12.8. The van der Waals surface area contributed by atoms with Crippen molar-refractivity contribution >= 4 is 5.65 Å². The van der Waals surface area contributed by atoms with E-state index in [1.54, 1.807) is 12.3 Å². The number of halogens is 4. The lowest BCUT2D eigenvalue weighted by Gasteiger charge is -2.24. The van der Waals surface area contributed by atoms with Crippen LogP contribution in [0.2, 0.25) is 0 Å². The summed E-state index contributed by atoms with van der Waals surface area (Å²) in [6.45, 7) is 4.60. The van der Waals surface area contributed by atoms with Gasteiger partial charge in [-0.3, -0.25) is 9.25 Å². The van der Waals surface area contributed by atoms with Gasteiger partial charge in [-0.15, -0.1) is 5.10 Å². The maximum Gasteiger partial charge on any atom is 0.271 e. The molecule has 0 radical (unpaired) electrons. The number of nitrogens with zero attached hydrogens (tertiary/aromatic N) is 8. The molecule has 8 nitrogen and oxygen atoms in total. The summed E-state index contributed by atoms with van der Waals surface area (Å²) >= 11 is 0. The molecule has 0 spiro atoms. The molecule has 6 aromatic rings. The first-order valence-corrected chi connectivity index (χ1v) is 12.3. The molecule has 202 valence electrons. The number of rotatable bonds is 6. The van der Waals surface area contributed by atoms with Crippen molar-refractivity contribution in [2.24, 2.45) is 0 Å². The molecule has 1 aromatic carbocycles. The summed E-state index contributed by atoms with van der Waals surface area (Å²) < 4.78 is 62.0. The number of hydrogen-bond acceptors (Lipinski definition) is 5. The van der Waals surface area contributed by atoms with Gasteiger partial charge in [0.2, 0.25) is 0 Å². The summed E-state index contributed by atoms with van der Waals surface area (Å²) in [6, 6.07) is 10.1. The lowest BCUT2D eigenvalue weighted by Crippen LogP contribution is -2.29. The van der Waals surface area contributed by atoms with Crippen molar-refractivity contribution in [1.29, 1.82) is 0 Å². The van der Waals surface area contributed by atoms with Crippen LogP contribution >= 0.6 is 0 Å². The molecule has 5 heterocycles. The second-order valence-corrected chi connectivity index (χ2v) is 9.59. The largest absolute Gasteiger partial charge is 0.286 e. The number of fused-ring (bicyclic) bond motifs is 1. The number of alkyl halides is 2. The van der Waals surface area contributed by atoms with E-state index in [1.165, 1.54) is 41.3 Å². The molecule has 1 atom stereocenters. The van der Waals surface area contributed by atoms with E-state index in [4.69, 9.17) is 0 Å². The average Bonchev–Trinajstić information content (AvgIpc) is 3.63. The van der Waals surface area contributed by atoms with Gasteiger partial charge in [-0.1, -0.05) is 12.1 Å². The molecule has 12 heteroatoms. The zero-order valence-electron chi connectivity index (χ0n) is 21.6. The standard InChI is InChI=1S/C28H22F4N8/c1-16-4-5-17(2)40(16)27-36-26-22(30)12-19(14-39(26)37-27)25-33-11-10-23(35-25)20-13-34-38(15-20)24(28(3,31)32)18-6-8-21(29)9-7-18/h4-15,24H,1-3H3/t24-/m1/s1. The highest BCUT2D eigenvalue weighted by molar-refractivity contribution is 5.63. The molecule has 0 N–H and O–H groups in total. The van der Waals surface area contributed by atoms with E-state index in [9.17, 15) is 13.2 Å². The third-order valence-electron chi connectivity index (χ3n) is 6.59. The van der Waals surface area contributed by atoms with Crippen LogP contribution in [0.1, 0.15) is 29.9 Å².